The van der Waals surface area contributed by atoms with Crippen LogP contribution in [0.15, 0.2) is 24.3 Å². The number of hydrogen-bond acceptors (Lipinski definition) is 3. The van der Waals surface area contributed by atoms with Gasteiger partial charge in [0, 0.05) is 12.6 Å². The van der Waals surface area contributed by atoms with Gasteiger partial charge in [0.05, 0.1) is 24.9 Å². The number of hydrogen-bond donors (Lipinski definition) is 1. The molecule has 0 saturated heterocycles. The molecule has 19 heavy (non-hydrogen) atoms. The standard InChI is InChI=1S/C13H13FN2O3/c1-16-11(6-9(15-16)7-13(17)18)8-3-4-12(19-2)10(14)5-8/h3-6H,7H2,1-2H3,(H,17,18). The molecule has 6 heteroatoms. The second-order valence-corrected chi connectivity index (χ2v) is 4.06. The van der Waals surface area contributed by atoms with Crippen LogP contribution in [-0.4, -0.2) is 28.0 Å². The summed E-state index contributed by atoms with van der Waals surface area (Å²) in [4.78, 5) is 10.6. The normalized spacial score (nSPS) is 10.5. The van der Waals surface area contributed by atoms with Crippen LogP contribution in [0.3, 0.4) is 0 Å². The highest BCUT2D eigenvalue weighted by molar-refractivity contribution is 5.70. The lowest BCUT2D eigenvalue weighted by Crippen LogP contribution is -2.01. The maximum Gasteiger partial charge on any atom is 0.309 e. The number of benzene rings is 1. The van der Waals surface area contributed by atoms with Gasteiger partial charge in [-0.3, -0.25) is 9.48 Å². The molecule has 0 atom stereocenters. The molecule has 0 aliphatic rings. The summed E-state index contributed by atoms with van der Waals surface area (Å²) < 4.78 is 20.0. The summed E-state index contributed by atoms with van der Waals surface area (Å²) in [6.07, 6.45) is -0.160. The van der Waals surface area contributed by atoms with Crippen LogP contribution in [0.25, 0.3) is 11.3 Å². The van der Waals surface area contributed by atoms with Crippen molar-refractivity contribution in [3.05, 3.63) is 35.8 Å². The summed E-state index contributed by atoms with van der Waals surface area (Å²) >= 11 is 0. The lowest BCUT2D eigenvalue weighted by Gasteiger charge is -2.05. The van der Waals surface area contributed by atoms with E-state index in [1.807, 2.05) is 0 Å². The van der Waals surface area contributed by atoms with E-state index in [1.54, 1.807) is 19.2 Å². The summed E-state index contributed by atoms with van der Waals surface area (Å²) in [5.74, 6) is -1.26. The average Bonchev–Trinajstić information content (AvgIpc) is 2.69. The molecular formula is C13H13FN2O3. The highest BCUT2D eigenvalue weighted by Gasteiger charge is 2.12. The fraction of sp³-hybridized carbons (Fsp3) is 0.231. The monoisotopic (exact) mass is 264 g/mol. The fourth-order valence-corrected chi connectivity index (χ4v) is 1.86. The zero-order valence-electron chi connectivity index (χ0n) is 10.6. The van der Waals surface area contributed by atoms with E-state index in [0.29, 0.717) is 17.0 Å². The number of ether oxygens (including phenoxy) is 1. The first-order valence-electron chi connectivity index (χ1n) is 5.60. The molecule has 0 aliphatic heterocycles. The minimum Gasteiger partial charge on any atom is -0.494 e. The maximum atomic E-state index is 13.6. The van der Waals surface area contributed by atoms with Crippen molar-refractivity contribution in [2.45, 2.75) is 6.42 Å². The second-order valence-electron chi connectivity index (χ2n) is 4.06. The lowest BCUT2D eigenvalue weighted by atomic mass is 10.1. The average molecular weight is 264 g/mol. The van der Waals surface area contributed by atoms with Gasteiger partial charge in [0.2, 0.25) is 0 Å². The first-order chi connectivity index (χ1) is 9.01. The molecule has 0 radical (unpaired) electrons. The predicted molar refractivity (Wildman–Crippen MR) is 66.5 cm³/mol. The topological polar surface area (TPSA) is 64.3 Å². The SMILES string of the molecule is COc1ccc(-c2cc(CC(=O)O)nn2C)cc1F. The molecule has 5 nitrogen and oxygen atoms in total. The zero-order valence-corrected chi connectivity index (χ0v) is 10.6. The summed E-state index contributed by atoms with van der Waals surface area (Å²) in [7, 11) is 3.08. The number of carboxylic acid groups (broad SMARTS) is 1. The molecule has 0 spiro atoms. The Morgan fingerprint density at radius 1 is 1.47 bits per heavy atom. The third kappa shape index (κ3) is 2.73. The van der Waals surface area contributed by atoms with Gasteiger partial charge in [-0.25, -0.2) is 4.39 Å². The number of aryl methyl sites for hydroxylation is 1. The molecule has 0 amide bonds. The highest BCUT2D eigenvalue weighted by Crippen LogP contribution is 2.25. The zero-order chi connectivity index (χ0) is 14.0. The second kappa shape index (κ2) is 5.09. The van der Waals surface area contributed by atoms with E-state index >= 15 is 0 Å². The van der Waals surface area contributed by atoms with Gasteiger partial charge in [-0.05, 0) is 24.3 Å². The summed E-state index contributed by atoms with van der Waals surface area (Å²) in [5, 5.41) is 12.8. The summed E-state index contributed by atoms with van der Waals surface area (Å²) in [5.41, 5.74) is 1.70. The minimum atomic E-state index is -0.953. The Morgan fingerprint density at radius 2 is 2.21 bits per heavy atom. The lowest BCUT2D eigenvalue weighted by molar-refractivity contribution is -0.136. The molecule has 2 aromatic rings. The number of aromatic nitrogens is 2. The Balaban J connectivity index is 2.38. The van der Waals surface area contributed by atoms with Crippen molar-refractivity contribution in [2.75, 3.05) is 7.11 Å². The Bertz CT molecular complexity index is 622. The molecule has 1 aromatic carbocycles. The molecule has 1 heterocycles. The molecule has 0 bridgehead atoms. The van der Waals surface area contributed by atoms with Crippen LogP contribution in [0, 0.1) is 5.82 Å². The Kier molecular flexibility index (Phi) is 3.50. The smallest absolute Gasteiger partial charge is 0.309 e. The van der Waals surface area contributed by atoms with Crippen molar-refractivity contribution >= 4 is 5.97 Å². The molecule has 0 saturated carbocycles. The molecule has 0 fully saturated rings. The van der Waals surface area contributed by atoms with Crippen molar-refractivity contribution in [2.24, 2.45) is 7.05 Å². The van der Waals surface area contributed by atoms with Crippen LogP contribution in [0.4, 0.5) is 4.39 Å². The molecule has 0 unspecified atom stereocenters. The Hall–Kier alpha value is -2.37. The third-order valence-electron chi connectivity index (χ3n) is 2.71. The number of carbonyl (C=O) groups is 1. The van der Waals surface area contributed by atoms with Gasteiger partial charge in [-0.2, -0.15) is 5.10 Å². The van der Waals surface area contributed by atoms with Gasteiger partial charge in [0.1, 0.15) is 0 Å². The van der Waals surface area contributed by atoms with Crippen LogP contribution in [0.5, 0.6) is 5.75 Å². The van der Waals surface area contributed by atoms with Crippen LogP contribution >= 0.6 is 0 Å². The van der Waals surface area contributed by atoms with Crippen LogP contribution in [-0.2, 0) is 18.3 Å². The number of nitrogens with zero attached hydrogens (tertiary/aromatic N) is 2. The van der Waals surface area contributed by atoms with E-state index in [4.69, 9.17) is 9.84 Å². The van der Waals surface area contributed by atoms with E-state index in [0.717, 1.165) is 0 Å². The first kappa shape index (κ1) is 13.1. The summed E-state index contributed by atoms with van der Waals surface area (Å²) in [6.45, 7) is 0. The summed E-state index contributed by atoms with van der Waals surface area (Å²) in [6, 6.07) is 6.19. The van der Waals surface area contributed by atoms with Gasteiger partial charge in [-0.15, -0.1) is 0 Å². The maximum absolute atomic E-state index is 13.6. The van der Waals surface area contributed by atoms with Gasteiger partial charge in [0.25, 0.3) is 0 Å². The quantitative estimate of drug-likeness (QED) is 0.915. The minimum absolute atomic E-state index is 0.160. The van der Waals surface area contributed by atoms with Crippen LogP contribution in [0.2, 0.25) is 0 Å². The molecule has 1 aromatic heterocycles. The third-order valence-corrected chi connectivity index (χ3v) is 2.71. The predicted octanol–water partition coefficient (Wildman–Crippen LogP) is 1.86. The molecule has 0 aliphatic carbocycles. The van der Waals surface area contributed by atoms with Crippen molar-refractivity contribution in [3.8, 4) is 17.0 Å². The van der Waals surface area contributed by atoms with Crippen LogP contribution < -0.4 is 4.74 Å². The first-order valence-corrected chi connectivity index (χ1v) is 5.60. The van der Waals surface area contributed by atoms with E-state index in [-0.39, 0.29) is 12.2 Å². The van der Waals surface area contributed by atoms with E-state index < -0.39 is 11.8 Å². The number of aliphatic carboxylic acids is 1. The largest absolute Gasteiger partial charge is 0.494 e. The molecular weight excluding hydrogens is 251 g/mol. The van der Waals surface area contributed by atoms with Crippen LogP contribution in [0.1, 0.15) is 5.69 Å². The van der Waals surface area contributed by atoms with Gasteiger partial charge < -0.3 is 9.84 Å². The van der Waals surface area contributed by atoms with E-state index in [1.165, 1.54) is 23.9 Å². The van der Waals surface area contributed by atoms with Gasteiger partial charge in [0.15, 0.2) is 11.6 Å². The van der Waals surface area contributed by atoms with Gasteiger partial charge in [-0.1, -0.05) is 0 Å². The van der Waals surface area contributed by atoms with Crippen molar-refractivity contribution in [1.29, 1.82) is 0 Å². The van der Waals surface area contributed by atoms with Gasteiger partial charge >= 0.3 is 5.97 Å². The molecule has 1 N–H and O–H groups in total. The number of methoxy groups -OCH3 is 1. The van der Waals surface area contributed by atoms with Crippen molar-refractivity contribution in [3.63, 3.8) is 0 Å². The molecule has 2 rings (SSSR count). The van der Waals surface area contributed by atoms with E-state index in [9.17, 15) is 9.18 Å². The number of rotatable bonds is 4. The molecule has 100 valence electrons. The van der Waals surface area contributed by atoms with Crippen molar-refractivity contribution < 1.29 is 19.0 Å². The fourth-order valence-electron chi connectivity index (χ4n) is 1.86. The van der Waals surface area contributed by atoms with Crippen molar-refractivity contribution in [1.82, 2.24) is 9.78 Å². The van der Waals surface area contributed by atoms with E-state index in [2.05, 4.69) is 5.10 Å². The highest BCUT2D eigenvalue weighted by atomic mass is 19.1. The number of halogens is 1. The number of carboxylic acids is 1. The Labute approximate surface area is 109 Å². The Morgan fingerprint density at radius 3 is 2.79 bits per heavy atom.